The zero-order valence-corrected chi connectivity index (χ0v) is 18.6. The molecule has 172 valence electrons. The maximum atomic E-state index is 13.3. The molecule has 0 saturated heterocycles. The molecule has 1 aromatic heterocycles. The molecule has 1 heterocycles. The summed E-state index contributed by atoms with van der Waals surface area (Å²) in [5, 5.41) is 7.10. The molecule has 0 aliphatic carbocycles. The Kier molecular flexibility index (Phi) is 7.13. The summed E-state index contributed by atoms with van der Waals surface area (Å²) in [5.41, 5.74) is 2.14. The number of rotatable bonds is 8. The van der Waals surface area contributed by atoms with E-state index in [1.807, 2.05) is 36.4 Å². The van der Waals surface area contributed by atoms with E-state index < -0.39 is 17.3 Å². The van der Waals surface area contributed by atoms with Crippen LogP contribution in [0.3, 0.4) is 0 Å². The molecule has 0 aliphatic heterocycles. The number of aromatic nitrogens is 2. The molecular formula is C27H24FN3O3. The van der Waals surface area contributed by atoms with Gasteiger partial charge in [0, 0.05) is 12.5 Å². The van der Waals surface area contributed by atoms with E-state index in [4.69, 9.17) is 4.74 Å². The highest BCUT2D eigenvalue weighted by Crippen LogP contribution is 2.27. The summed E-state index contributed by atoms with van der Waals surface area (Å²) >= 11 is 0. The second-order valence-corrected chi connectivity index (χ2v) is 7.71. The van der Waals surface area contributed by atoms with E-state index in [-0.39, 0.29) is 17.4 Å². The zero-order chi connectivity index (χ0) is 23.9. The van der Waals surface area contributed by atoms with Crippen LogP contribution in [0.1, 0.15) is 34.0 Å². The maximum absolute atomic E-state index is 13.3. The van der Waals surface area contributed by atoms with E-state index >= 15 is 0 Å². The first kappa shape index (κ1) is 22.9. The number of halogens is 1. The fourth-order valence-corrected chi connectivity index (χ4v) is 3.83. The van der Waals surface area contributed by atoms with Gasteiger partial charge >= 0.3 is 0 Å². The molecule has 1 amide bonds. The molecule has 34 heavy (non-hydrogen) atoms. The van der Waals surface area contributed by atoms with Crippen molar-refractivity contribution >= 4 is 5.91 Å². The normalized spacial score (nSPS) is 10.8. The van der Waals surface area contributed by atoms with Gasteiger partial charge in [0.05, 0.1) is 18.9 Å². The molecule has 0 spiro atoms. The van der Waals surface area contributed by atoms with Crippen LogP contribution in [0, 0.1) is 5.82 Å². The highest BCUT2D eigenvalue weighted by atomic mass is 19.1. The lowest BCUT2D eigenvalue weighted by Crippen LogP contribution is -2.31. The van der Waals surface area contributed by atoms with Crippen LogP contribution in [-0.2, 0) is 0 Å². The molecule has 0 saturated carbocycles. The molecule has 0 fully saturated rings. The van der Waals surface area contributed by atoms with Crippen molar-refractivity contribution in [2.45, 2.75) is 12.3 Å². The number of nitrogens with zero attached hydrogens (tertiary/aromatic N) is 2. The predicted octanol–water partition coefficient (Wildman–Crippen LogP) is 4.33. The number of nitrogens with one attached hydrogen (secondary N) is 1. The average molecular weight is 458 g/mol. The molecule has 4 rings (SSSR count). The van der Waals surface area contributed by atoms with Crippen LogP contribution in [0.2, 0.25) is 0 Å². The second kappa shape index (κ2) is 10.6. The third-order valence-electron chi connectivity index (χ3n) is 5.53. The van der Waals surface area contributed by atoms with Crippen LogP contribution >= 0.6 is 0 Å². The molecule has 0 bridgehead atoms. The zero-order valence-electron chi connectivity index (χ0n) is 18.6. The molecule has 0 atom stereocenters. The van der Waals surface area contributed by atoms with Crippen LogP contribution < -0.4 is 15.6 Å². The standard InChI is InChI=1S/C27H24FN3O3/c1-34-24-18-25(32)31(22-14-12-21(28)13-15-22)30-26(24)27(33)29-17-16-23(19-8-4-2-5-9-19)20-10-6-3-7-11-20/h2-15,18,23H,16-17H2,1H3,(H,29,33). The van der Waals surface area contributed by atoms with Crippen LogP contribution in [0.15, 0.2) is 95.8 Å². The minimum Gasteiger partial charge on any atom is -0.494 e. The Hall–Kier alpha value is -4.26. The molecule has 0 aliphatic rings. The van der Waals surface area contributed by atoms with Gasteiger partial charge in [-0.25, -0.2) is 4.39 Å². The summed E-state index contributed by atoms with van der Waals surface area (Å²) in [6, 6.07) is 26.7. The molecule has 0 radical (unpaired) electrons. The van der Waals surface area contributed by atoms with Crippen LogP contribution in [0.25, 0.3) is 5.69 Å². The summed E-state index contributed by atoms with van der Waals surface area (Å²) in [6.07, 6.45) is 0.666. The van der Waals surface area contributed by atoms with Crippen LogP contribution in [0.5, 0.6) is 5.75 Å². The van der Waals surface area contributed by atoms with Crippen LogP contribution in [0.4, 0.5) is 4.39 Å². The largest absolute Gasteiger partial charge is 0.494 e. The molecular weight excluding hydrogens is 433 g/mol. The van der Waals surface area contributed by atoms with Crippen molar-refractivity contribution < 1.29 is 13.9 Å². The quantitative estimate of drug-likeness (QED) is 0.427. The second-order valence-electron chi connectivity index (χ2n) is 7.71. The number of carbonyl (C=O) groups excluding carboxylic acids is 1. The highest BCUT2D eigenvalue weighted by molar-refractivity contribution is 5.94. The lowest BCUT2D eigenvalue weighted by Gasteiger charge is -2.18. The van der Waals surface area contributed by atoms with Crippen molar-refractivity contribution in [2.75, 3.05) is 13.7 Å². The van der Waals surface area contributed by atoms with Crippen molar-refractivity contribution in [3.63, 3.8) is 0 Å². The van der Waals surface area contributed by atoms with Gasteiger partial charge in [-0.05, 0) is 41.8 Å². The Morgan fingerprint density at radius 1 is 0.971 bits per heavy atom. The first-order valence-electron chi connectivity index (χ1n) is 10.9. The van der Waals surface area contributed by atoms with E-state index in [9.17, 15) is 14.0 Å². The topological polar surface area (TPSA) is 73.2 Å². The first-order chi connectivity index (χ1) is 16.6. The summed E-state index contributed by atoms with van der Waals surface area (Å²) in [7, 11) is 1.37. The Morgan fingerprint density at radius 2 is 1.56 bits per heavy atom. The number of hydrogen-bond acceptors (Lipinski definition) is 4. The number of methoxy groups -OCH3 is 1. The van der Waals surface area contributed by atoms with Gasteiger partial charge in [0.1, 0.15) is 5.82 Å². The molecule has 1 N–H and O–H groups in total. The lowest BCUT2D eigenvalue weighted by molar-refractivity contribution is 0.0942. The SMILES string of the molecule is COc1cc(=O)n(-c2ccc(F)cc2)nc1C(=O)NCCC(c1ccccc1)c1ccccc1. The number of benzene rings is 3. The molecule has 6 nitrogen and oxygen atoms in total. The van der Waals surface area contributed by atoms with Gasteiger partial charge in [0.15, 0.2) is 11.4 Å². The first-order valence-corrected chi connectivity index (χ1v) is 10.9. The summed E-state index contributed by atoms with van der Waals surface area (Å²) in [5.74, 6) is -0.725. The fourth-order valence-electron chi connectivity index (χ4n) is 3.83. The van der Waals surface area contributed by atoms with Gasteiger partial charge < -0.3 is 10.1 Å². The Morgan fingerprint density at radius 3 is 2.12 bits per heavy atom. The minimum absolute atomic E-state index is 0.0256. The van der Waals surface area contributed by atoms with Crippen molar-refractivity contribution in [1.29, 1.82) is 0 Å². The third kappa shape index (κ3) is 5.20. The number of ether oxygens (including phenoxy) is 1. The highest BCUT2D eigenvalue weighted by Gasteiger charge is 2.19. The van der Waals surface area contributed by atoms with E-state index in [1.54, 1.807) is 0 Å². The third-order valence-corrected chi connectivity index (χ3v) is 5.53. The lowest BCUT2D eigenvalue weighted by atomic mass is 9.88. The molecule has 7 heteroatoms. The van der Waals surface area contributed by atoms with E-state index in [0.717, 1.165) is 15.8 Å². The van der Waals surface area contributed by atoms with Gasteiger partial charge in [0.2, 0.25) is 0 Å². The van der Waals surface area contributed by atoms with E-state index in [2.05, 4.69) is 34.7 Å². The summed E-state index contributed by atoms with van der Waals surface area (Å²) < 4.78 is 19.6. The van der Waals surface area contributed by atoms with E-state index in [1.165, 1.54) is 37.4 Å². The van der Waals surface area contributed by atoms with Crippen molar-refractivity contribution in [2.24, 2.45) is 0 Å². The Labute approximate surface area is 196 Å². The summed E-state index contributed by atoms with van der Waals surface area (Å²) in [4.78, 5) is 25.5. The summed E-state index contributed by atoms with van der Waals surface area (Å²) in [6.45, 7) is 0.383. The molecule has 3 aromatic carbocycles. The van der Waals surface area contributed by atoms with Crippen molar-refractivity contribution in [3.05, 3.63) is 124 Å². The number of amides is 1. The van der Waals surface area contributed by atoms with Gasteiger partial charge in [0.25, 0.3) is 11.5 Å². The van der Waals surface area contributed by atoms with Gasteiger partial charge in [-0.1, -0.05) is 60.7 Å². The van der Waals surface area contributed by atoms with Crippen LogP contribution in [-0.4, -0.2) is 29.3 Å². The van der Waals surface area contributed by atoms with Crippen molar-refractivity contribution in [1.82, 2.24) is 15.1 Å². The molecule has 4 aromatic rings. The Balaban J connectivity index is 1.54. The van der Waals surface area contributed by atoms with Crippen molar-refractivity contribution in [3.8, 4) is 11.4 Å². The molecule has 0 unspecified atom stereocenters. The Bertz CT molecular complexity index is 1270. The smallest absolute Gasteiger partial charge is 0.275 e. The maximum Gasteiger partial charge on any atom is 0.275 e. The number of carbonyl (C=O) groups is 1. The fraction of sp³-hybridized carbons (Fsp3) is 0.148. The average Bonchev–Trinajstić information content (AvgIpc) is 2.88. The number of hydrogen-bond donors (Lipinski definition) is 1. The van der Waals surface area contributed by atoms with Gasteiger partial charge in [-0.3, -0.25) is 9.59 Å². The predicted molar refractivity (Wildman–Crippen MR) is 128 cm³/mol. The van der Waals surface area contributed by atoms with E-state index in [0.29, 0.717) is 18.7 Å². The minimum atomic E-state index is -0.492. The monoisotopic (exact) mass is 457 g/mol. The van der Waals surface area contributed by atoms with Gasteiger partial charge in [-0.2, -0.15) is 9.78 Å². The van der Waals surface area contributed by atoms with Gasteiger partial charge in [-0.15, -0.1) is 0 Å².